The van der Waals surface area contributed by atoms with Crippen molar-refractivity contribution in [2.45, 2.75) is 62.6 Å². The molecule has 1 aliphatic carbocycles. The van der Waals surface area contributed by atoms with Crippen LogP contribution in [0.5, 0.6) is 0 Å². The van der Waals surface area contributed by atoms with E-state index in [-0.39, 0.29) is 0 Å². The van der Waals surface area contributed by atoms with Crippen molar-refractivity contribution in [1.82, 2.24) is 5.32 Å². The van der Waals surface area contributed by atoms with Crippen LogP contribution in [0.15, 0.2) is 23.1 Å². The molecule has 1 N–H and O–H groups in total. The lowest BCUT2D eigenvalue weighted by molar-refractivity contribution is 0.394. The van der Waals surface area contributed by atoms with E-state index in [1.165, 1.54) is 42.6 Å². The van der Waals surface area contributed by atoms with E-state index in [0.717, 1.165) is 29.3 Å². The Morgan fingerprint density at radius 2 is 2.20 bits per heavy atom. The standard InChI is InChI=1S/C17H26ClNS/c1-3-9-19-12-14-7-8-15(18)11-17(14)20-16-6-4-5-13(2)10-16/h7-8,11,13,16,19H,3-6,9-10,12H2,1-2H3. The van der Waals surface area contributed by atoms with Gasteiger partial charge < -0.3 is 5.32 Å². The highest BCUT2D eigenvalue weighted by atomic mass is 35.5. The Labute approximate surface area is 132 Å². The molecule has 0 radical (unpaired) electrons. The van der Waals surface area contributed by atoms with Crippen LogP contribution in [0, 0.1) is 5.92 Å². The number of rotatable bonds is 6. The minimum absolute atomic E-state index is 0.766. The number of halogens is 1. The molecule has 1 aliphatic rings. The SMILES string of the molecule is CCCNCc1ccc(Cl)cc1SC1CCCC(C)C1. The summed E-state index contributed by atoms with van der Waals surface area (Å²) in [6, 6.07) is 6.34. The highest BCUT2D eigenvalue weighted by molar-refractivity contribution is 8.00. The quantitative estimate of drug-likeness (QED) is 0.695. The molecule has 0 aliphatic heterocycles. The third-order valence-corrected chi connectivity index (χ3v) is 5.58. The first-order valence-electron chi connectivity index (χ1n) is 7.84. The molecule has 0 bridgehead atoms. The van der Waals surface area contributed by atoms with Crippen molar-refractivity contribution in [2.75, 3.05) is 6.54 Å². The smallest absolute Gasteiger partial charge is 0.0417 e. The topological polar surface area (TPSA) is 12.0 Å². The van der Waals surface area contributed by atoms with Gasteiger partial charge in [-0.3, -0.25) is 0 Å². The van der Waals surface area contributed by atoms with E-state index < -0.39 is 0 Å². The van der Waals surface area contributed by atoms with Gasteiger partial charge >= 0.3 is 0 Å². The molecule has 2 unspecified atom stereocenters. The second kappa shape index (κ2) is 8.31. The third kappa shape index (κ3) is 4.98. The van der Waals surface area contributed by atoms with Crippen LogP contribution in [0.2, 0.25) is 5.02 Å². The summed E-state index contributed by atoms with van der Waals surface area (Å²) < 4.78 is 0. The van der Waals surface area contributed by atoms with Crippen LogP contribution in [0.1, 0.15) is 51.5 Å². The van der Waals surface area contributed by atoms with E-state index in [2.05, 4.69) is 31.3 Å². The molecule has 1 saturated carbocycles. The second-order valence-electron chi connectivity index (χ2n) is 5.94. The second-order valence-corrected chi connectivity index (χ2v) is 7.72. The first-order chi connectivity index (χ1) is 9.69. The molecule has 1 nitrogen and oxygen atoms in total. The maximum absolute atomic E-state index is 6.19. The lowest BCUT2D eigenvalue weighted by Gasteiger charge is -2.27. The fraction of sp³-hybridized carbons (Fsp3) is 0.647. The van der Waals surface area contributed by atoms with Crippen molar-refractivity contribution in [3.05, 3.63) is 28.8 Å². The molecular formula is C17H26ClNS. The van der Waals surface area contributed by atoms with Crippen LogP contribution in [-0.2, 0) is 6.54 Å². The molecule has 1 aromatic carbocycles. The molecule has 3 heteroatoms. The van der Waals surface area contributed by atoms with Gasteiger partial charge in [-0.1, -0.05) is 44.4 Å². The molecule has 0 heterocycles. The predicted octanol–water partition coefficient (Wildman–Crippen LogP) is 5.51. The molecule has 1 aromatic rings. The Kier molecular flexibility index (Phi) is 6.73. The zero-order valence-electron chi connectivity index (χ0n) is 12.6. The highest BCUT2D eigenvalue weighted by Crippen LogP contribution is 2.38. The van der Waals surface area contributed by atoms with Crippen LogP contribution >= 0.6 is 23.4 Å². The van der Waals surface area contributed by atoms with Gasteiger partial charge in [0, 0.05) is 21.7 Å². The van der Waals surface area contributed by atoms with E-state index in [1.807, 2.05) is 17.8 Å². The Morgan fingerprint density at radius 1 is 1.35 bits per heavy atom. The number of hydrogen-bond acceptors (Lipinski definition) is 2. The Bertz CT molecular complexity index is 421. The summed E-state index contributed by atoms with van der Waals surface area (Å²) in [5, 5.41) is 5.12. The Hall–Kier alpha value is -0.180. The summed E-state index contributed by atoms with van der Waals surface area (Å²) in [5.41, 5.74) is 1.39. The summed E-state index contributed by atoms with van der Waals surface area (Å²) in [6.07, 6.45) is 6.65. The maximum Gasteiger partial charge on any atom is 0.0417 e. The van der Waals surface area contributed by atoms with Gasteiger partial charge in [-0.25, -0.2) is 0 Å². The largest absolute Gasteiger partial charge is 0.313 e. The molecule has 112 valence electrons. The number of nitrogens with one attached hydrogen (secondary N) is 1. The first-order valence-corrected chi connectivity index (χ1v) is 9.10. The molecule has 1 fully saturated rings. The van der Waals surface area contributed by atoms with Gasteiger partial charge in [0.1, 0.15) is 0 Å². The average molecular weight is 312 g/mol. The summed E-state index contributed by atoms with van der Waals surface area (Å²) >= 11 is 8.23. The fourth-order valence-electron chi connectivity index (χ4n) is 2.85. The normalized spacial score (nSPS) is 22.9. The van der Waals surface area contributed by atoms with Gasteiger partial charge in [0.25, 0.3) is 0 Å². The molecule has 0 aromatic heterocycles. The fourth-order valence-corrected chi connectivity index (χ4v) is 4.64. The molecule has 0 saturated heterocycles. The van der Waals surface area contributed by atoms with E-state index in [4.69, 9.17) is 11.6 Å². The van der Waals surface area contributed by atoms with Gasteiger partial charge in [-0.15, -0.1) is 11.8 Å². The van der Waals surface area contributed by atoms with Crippen molar-refractivity contribution < 1.29 is 0 Å². The minimum Gasteiger partial charge on any atom is -0.313 e. The van der Waals surface area contributed by atoms with Gasteiger partial charge in [0.15, 0.2) is 0 Å². The van der Waals surface area contributed by atoms with Crippen molar-refractivity contribution in [3.8, 4) is 0 Å². The van der Waals surface area contributed by atoms with E-state index in [0.29, 0.717) is 0 Å². The average Bonchev–Trinajstić information content (AvgIpc) is 2.41. The van der Waals surface area contributed by atoms with Gasteiger partial charge in [0.05, 0.1) is 0 Å². The van der Waals surface area contributed by atoms with E-state index in [1.54, 1.807) is 0 Å². The zero-order chi connectivity index (χ0) is 14.4. The van der Waals surface area contributed by atoms with Crippen molar-refractivity contribution >= 4 is 23.4 Å². The van der Waals surface area contributed by atoms with Crippen LogP contribution in [0.25, 0.3) is 0 Å². The maximum atomic E-state index is 6.19. The van der Waals surface area contributed by atoms with Crippen molar-refractivity contribution in [1.29, 1.82) is 0 Å². The molecule has 0 spiro atoms. The number of thioether (sulfide) groups is 1. The lowest BCUT2D eigenvalue weighted by atomic mass is 9.91. The summed E-state index contributed by atoms with van der Waals surface area (Å²) in [6.45, 7) is 6.62. The first kappa shape index (κ1) is 16.2. The monoisotopic (exact) mass is 311 g/mol. The lowest BCUT2D eigenvalue weighted by Crippen LogP contribution is -2.17. The number of hydrogen-bond donors (Lipinski definition) is 1. The summed E-state index contributed by atoms with van der Waals surface area (Å²) in [4.78, 5) is 1.38. The molecule has 20 heavy (non-hydrogen) atoms. The molecule has 2 atom stereocenters. The Balaban J connectivity index is 2.02. The highest BCUT2D eigenvalue weighted by Gasteiger charge is 2.20. The van der Waals surface area contributed by atoms with Gasteiger partial charge in [0.2, 0.25) is 0 Å². The molecule has 2 rings (SSSR count). The third-order valence-electron chi connectivity index (χ3n) is 3.95. The van der Waals surface area contributed by atoms with E-state index >= 15 is 0 Å². The van der Waals surface area contributed by atoms with Gasteiger partial charge in [-0.05, 0) is 49.4 Å². The van der Waals surface area contributed by atoms with Crippen LogP contribution in [0.3, 0.4) is 0 Å². The molecular weight excluding hydrogens is 286 g/mol. The zero-order valence-corrected chi connectivity index (χ0v) is 14.2. The Morgan fingerprint density at radius 3 is 2.95 bits per heavy atom. The summed E-state index contributed by atoms with van der Waals surface area (Å²) in [7, 11) is 0. The van der Waals surface area contributed by atoms with Crippen molar-refractivity contribution in [2.24, 2.45) is 5.92 Å². The van der Waals surface area contributed by atoms with Crippen LogP contribution in [-0.4, -0.2) is 11.8 Å². The number of benzene rings is 1. The van der Waals surface area contributed by atoms with Gasteiger partial charge in [-0.2, -0.15) is 0 Å². The van der Waals surface area contributed by atoms with Crippen LogP contribution in [0.4, 0.5) is 0 Å². The predicted molar refractivity (Wildman–Crippen MR) is 90.7 cm³/mol. The molecule has 0 amide bonds. The minimum atomic E-state index is 0.766. The van der Waals surface area contributed by atoms with Crippen LogP contribution < -0.4 is 5.32 Å². The van der Waals surface area contributed by atoms with E-state index in [9.17, 15) is 0 Å². The van der Waals surface area contributed by atoms with Crippen molar-refractivity contribution in [3.63, 3.8) is 0 Å². The summed E-state index contributed by atoms with van der Waals surface area (Å²) in [5.74, 6) is 0.877.